The molecule has 1 N–H and O–H groups in total. The number of aromatic amines is 1. The fourth-order valence-corrected chi connectivity index (χ4v) is 4.50. The van der Waals surface area contributed by atoms with Gasteiger partial charge >= 0.3 is 0 Å². The highest BCUT2D eigenvalue weighted by Crippen LogP contribution is 2.38. The van der Waals surface area contributed by atoms with Crippen LogP contribution in [0.25, 0.3) is 0 Å². The third-order valence-electron chi connectivity index (χ3n) is 5.51. The molecule has 2 nitrogen and oxygen atoms in total. The first kappa shape index (κ1) is 15.2. The van der Waals surface area contributed by atoms with Crippen LogP contribution in [0.1, 0.15) is 94.5 Å². The van der Waals surface area contributed by atoms with E-state index in [9.17, 15) is 0 Å². The van der Waals surface area contributed by atoms with E-state index in [1.807, 2.05) is 0 Å². The van der Waals surface area contributed by atoms with Crippen LogP contribution < -0.4 is 0 Å². The summed E-state index contributed by atoms with van der Waals surface area (Å²) in [6, 6.07) is 2.11. The lowest BCUT2D eigenvalue weighted by molar-refractivity contribution is 0.301. The molecule has 21 heavy (non-hydrogen) atoms. The smallest absolute Gasteiger partial charge is 0.130 e. The Hall–Kier alpha value is -0.700. The topological polar surface area (TPSA) is 28.7 Å². The Balaban J connectivity index is 1.72. The van der Waals surface area contributed by atoms with Crippen molar-refractivity contribution in [2.45, 2.75) is 83.0 Å². The Morgan fingerprint density at radius 2 is 1.81 bits per heavy atom. The summed E-state index contributed by atoms with van der Waals surface area (Å²) in [4.78, 5) is 8.33. The molecule has 0 radical (unpaired) electrons. The van der Waals surface area contributed by atoms with Crippen LogP contribution in [0, 0.1) is 10.6 Å². The minimum Gasteiger partial charge on any atom is -0.347 e. The number of rotatable bonds is 4. The van der Waals surface area contributed by atoms with Gasteiger partial charge in [0.2, 0.25) is 0 Å². The van der Waals surface area contributed by atoms with Gasteiger partial charge in [-0.3, -0.25) is 0 Å². The molecule has 116 valence electrons. The number of H-pyrrole nitrogens is 1. The quantitative estimate of drug-likeness (QED) is 0.705. The molecule has 1 aromatic rings. The fraction of sp³-hybridized carbons (Fsp3) is 0.778. The van der Waals surface area contributed by atoms with Crippen LogP contribution in [0.15, 0.2) is 6.07 Å². The first-order chi connectivity index (χ1) is 10.3. The van der Waals surface area contributed by atoms with Gasteiger partial charge in [0.15, 0.2) is 0 Å². The Labute approximate surface area is 133 Å². The molecule has 2 saturated carbocycles. The zero-order valence-corrected chi connectivity index (χ0v) is 14.1. The van der Waals surface area contributed by atoms with E-state index >= 15 is 0 Å². The second-order valence-corrected chi connectivity index (χ2v) is 7.47. The van der Waals surface area contributed by atoms with Crippen molar-refractivity contribution in [3.63, 3.8) is 0 Å². The van der Waals surface area contributed by atoms with Gasteiger partial charge in [0.25, 0.3) is 0 Å². The third-order valence-corrected chi connectivity index (χ3v) is 5.72. The highest BCUT2D eigenvalue weighted by molar-refractivity contribution is 7.71. The fourth-order valence-electron chi connectivity index (χ4n) is 4.28. The summed E-state index contributed by atoms with van der Waals surface area (Å²) in [5, 5.41) is 0. The van der Waals surface area contributed by atoms with Crippen LogP contribution in [0.5, 0.6) is 0 Å². The summed E-state index contributed by atoms with van der Waals surface area (Å²) in [7, 11) is 0. The highest BCUT2D eigenvalue weighted by atomic mass is 32.1. The molecule has 0 unspecified atom stereocenters. The van der Waals surface area contributed by atoms with Crippen LogP contribution in [0.2, 0.25) is 0 Å². The number of aromatic nitrogens is 2. The lowest BCUT2D eigenvalue weighted by Crippen LogP contribution is -2.16. The van der Waals surface area contributed by atoms with E-state index in [1.54, 1.807) is 0 Å². The van der Waals surface area contributed by atoms with Crippen molar-refractivity contribution >= 4 is 12.2 Å². The first-order valence-corrected chi connectivity index (χ1v) is 9.28. The average molecular weight is 305 g/mol. The lowest BCUT2D eigenvalue weighted by Gasteiger charge is -2.28. The predicted octanol–water partition coefficient (Wildman–Crippen LogP) is 5.87. The molecule has 2 fully saturated rings. The number of nitrogens with one attached hydrogen (secondary N) is 1. The zero-order chi connectivity index (χ0) is 14.7. The molecule has 0 bridgehead atoms. The molecule has 2 aliphatic carbocycles. The van der Waals surface area contributed by atoms with Gasteiger partial charge in [0, 0.05) is 11.6 Å². The van der Waals surface area contributed by atoms with Gasteiger partial charge in [0.1, 0.15) is 10.5 Å². The van der Waals surface area contributed by atoms with E-state index in [-0.39, 0.29) is 0 Å². The van der Waals surface area contributed by atoms with E-state index in [1.165, 1.54) is 75.7 Å². The molecule has 3 heteroatoms. The minimum absolute atomic E-state index is 0.612. The monoisotopic (exact) mass is 304 g/mol. The third kappa shape index (κ3) is 3.74. The predicted molar refractivity (Wildman–Crippen MR) is 90.2 cm³/mol. The summed E-state index contributed by atoms with van der Waals surface area (Å²) in [5.74, 6) is 3.44. The SMILES string of the molecule is CCCC1CCC(c2nc(=S)cc(C3CCCC3)[nH]2)CC1. The maximum Gasteiger partial charge on any atom is 0.130 e. The number of hydrogen-bond donors (Lipinski definition) is 1. The first-order valence-electron chi connectivity index (χ1n) is 8.87. The molecule has 1 heterocycles. The van der Waals surface area contributed by atoms with Crippen LogP contribution in [-0.4, -0.2) is 9.97 Å². The molecule has 0 amide bonds. The largest absolute Gasteiger partial charge is 0.347 e. The minimum atomic E-state index is 0.612. The van der Waals surface area contributed by atoms with Crippen LogP contribution >= 0.6 is 12.2 Å². The van der Waals surface area contributed by atoms with Crippen molar-refractivity contribution in [2.24, 2.45) is 5.92 Å². The Bertz CT molecular complexity index is 508. The van der Waals surface area contributed by atoms with E-state index in [0.29, 0.717) is 11.8 Å². The van der Waals surface area contributed by atoms with Crippen molar-refractivity contribution in [1.82, 2.24) is 9.97 Å². The standard InChI is InChI=1S/C18H28N2S/c1-2-5-13-8-10-15(11-9-13)18-19-16(12-17(21)20-18)14-6-3-4-7-14/h12-15H,2-11H2,1H3,(H,19,20,21). The van der Waals surface area contributed by atoms with Crippen molar-refractivity contribution in [3.05, 3.63) is 22.2 Å². The van der Waals surface area contributed by atoms with Crippen molar-refractivity contribution in [2.75, 3.05) is 0 Å². The zero-order valence-electron chi connectivity index (χ0n) is 13.2. The van der Waals surface area contributed by atoms with E-state index < -0.39 is 0 Å². The van der Waals surface area contributed by atoms with Gasteiger partial charge in [-0.15, -0.1) is 0 Å². The Kier molecular flexibility index (Phi) is 5.10. The summed E-state index contributed by atoms with van der Waals surface area (Å²) in [5.41, 5.74) is 1.36. The summed E-state index contributed by atoms with van der Waals surface area (Å²) in [6.07, 6.45) is 13.4. The molecular formula is C18H28N2S. The van der Waals surface area contributed by atoms with Gasteiger partial charge in [-0.2, -0.15) is 0 Å². The van der Waals surface area contributed by atoms with Crippen LogP contribution in [0.3, 0.4) is 0 Å². The molecule has 0 atom stereocenters. The maximum atomic E-state index is 5.43. The second-order valence-electron chi connectivity index (χ2n) is 7.05. The number of hydrogen-bond acceptors (Lipinski definition) is 2. The normalized spacial score (nSPS) is 27.1. The van der Waals surface area contributed by atoms with Gasteiger partial charge < -0.3 is 4.98 Å². The molecule has 1 aromatic heterocycles. The van der Waals surface area contributed by atoms with Crippen molar-refractivity contribution < 1.29 is 0 Å². The molecule has 0 saturated heterocycles. The van der Waals surface area contributed by atoms with Crippen LogP contribution in [-0.2, 0) is 0 Å². The maximum absolute atomic E-state index is 5.43. The van der Waals surface area contributed by atoms with Gasteiger partial charge in [-0.1, -0.05) is 44.8 Å². The number of nitrogens with zero attached hydrogens (tertiary/aromatic N) is 1. The van der Waals surface area contributed by atoms with Gasteiger partial charge in [-0.25, -0.2) is 4.98 Å². The molecule has 0 aliphatic heterocycles. The van der Waals surface area contributed by atoms with Crippen molar-refractivity contribution in [3.8, 4) is 0 Å². The van der Waals surface area contributed by atoms with E-state index in [4.69, 9.17) is 12.2 Å². The Morgan fingerprint density at radius 3 is 2.48 bits per heavy atom. The van der Waals surface area contributed by atoms with Crippen molar-refractivity contribution in [1.29, 1.82) is 0 Å². The van der Waals surface area contributed by atoms with E-state index in [2.05, 4.69) is 23.0 Å². The van der Waals surface area contributed by atoms with Gasteiger partial charge in [-0.05, 0) is 56.4 Å². The van der Waals surface area contributed by atoms with Gasteiger partial charge in [0.05, 0.1) is 0 Å². The van der Waals surface area contributed by atoms with Crippen LogP contribution in [0.4, 0.5) is 0 Å². The molecule has 0 spiro atoms. The average Bonchev–Trinajstić information content (AvgIpc) is 3.02. The Morgan fingerprint density at radius 1 is 1.10 bits per heavy atom. The lowest BCUT2D eigenvalue weighted by atomic mass is 9.79. The van der Waals surface area contributed by atoms with E-state index in [0.717, 1.165) is 10.6 Å². The molecular weight excluding hydrogens is 276 g/mol. The highest BCUT2D eigenvalue weighted by Gasteiger charge is 2.25. The summed E-state index contributed by atoms with van der Waals surface area (Å²) < 4.78 is 0.793. The molecule has 2 aliphatic rings. The molecule has 0 aromatic carbocycles. The summed E-state index contributed by atoms with van der Waals surface area (Å²) >= 11 is 5.43. The molecule has 3 rings (SSSR count). The summed E-state index contributed by atoms with van der Waals surface area (Å²) in [6.45, 7) is 2.30. The second kappa shape index (κ2) is 7.04.